The first-order valence-corrected chi connectivity index (χ1v) is 21.9. The monoisotopic (exact) mass is 826 g/mol. The molecule has 0 unspecified atom stereocenters. The highest BCUT2D eigenvalue weighted by atomic mass is 32.2. The third-order valence-corrected chi connectivity index (χ3v) is 13.3. The maximum absolute atomic E-state index is 15.5. The van der Waals surface area contributed by atoms with Gasteiger partial charge in [0.05, 0.1) is 24.8 Å². The largest absolute Gasteiger partial charge is 0.530 e. The standard InChI is InChI=1S/C42H44N4O8P2S/c1-7-41(3,4)31-17-19-37(53-55(49-33-13-9-21-43-27-33)50-34-14-10-22-44-28-34)39(25-31)57(47,48)40-26-32(42(5,6)8-2)18-20-38(40)54-56(51-35-15-11-23-45-29-35)52-36-16-12-24-46-30-36/h9-30H,7-8H2,1-6H3. The van der Waals surface area contributed by atoms with Crippen LogP contribution < -0.4 is 27.1 Å². The predicted molar refractivity (Wildman–Crippen MR) is 220 cm³/mol. The van der Waals surface area contributed by atoms with Crippen molar-refractivity contribution >= 4 is 27.0 Å². The number of hydrogen-bond donors (Lipinski definition) is 0. The Morgan fingerprint density at radius 1 is 0.491 bits per heavy atom. The average molecular weight is 827 g/mol. The Morgan fingerprint density at radius 2 is 0.807 bits per heavy atom. The smallest absolute Gasteiger partial charge is 0.407 e. The minimum atomic E-state index is -4.47. The van der Waals surface area contributed by atoms with Gasteiger partial charge in [-0.1, -0.05) is 53.7 Å². The molecule has 0 N–H and O–H groups in total. The average Bonchev–Trinajstić information content (AvgIpc) is 3.22. The molecule has 296 valence electrons. The van der Waals surface area contributed by atoms with Crippen LogP contribution in [0.2, 0.25) is 0 Å². The molecule has 57 heavy (non-hydrogen) atoms. The van der Waals surface area contributed by atoms with E-state index in [4.69, 9.17) is 27.1 Å². The Bertz CT molecular complexity index is 2090. The van der Waals surface area contributed by atoms with Crippen LogP contribution in [-0.4, -0.2) is 28.4 Å². The summed E-state index contributed by atoms with van der Waals surface area (Å²) in [6, 6.07) is 23.9. The van der Waals surface area contributed by atoms with E-state index in [1.165, 1.54) is 24.8 Å². The van der Waals surface area contributed by atoms with E-state index in [9.17, 15) is 0 Å². The first-order valence-electron chi connectivity index (χ1n) is 18.2. The molecule has 0 saturated heterocycles. The van der Waals surface area contributed by atoms with Gasteiger partial charge in [0.2, 0.25) is 9.84 Å². The van der Waals surface area contributed by atoms with E-state index in [-0.39, 0.29) is 32.1 Å². The van der Waals surface area contributed by atoms with Crippen LogP contribution in [-0.2, 0) is 20.7 Å². The zero-order valence-electron chi connectivity index (χ0n) is 32.5. The fourth-order valence-corrected chi connectivity index (χ4v) is 8.83. The molecule has 4 heterocycles. The number of pyridine rings is 4. The third kappa shape index (κ3) is 10.5. The molecule has 15 heteroatoms. The summed E-state index contributed by atoms with van der Waals surface area (Å²) < 4.78 is 68.4. The maximum Gasteiger partial charge on any atom is 0.530 e. The number of sulfone groups is 1. The van der Waals surface area contributed by atoms with Gasteiger partial charge in [0.25, 0.3) is 0 Å². The van der Waals surface area contributed by atoms with Gasteiger partial charge in [0.15, 0.2) is 0 Å². The normalized spacial score (nSPS) is 11.9. The second kappa shape index (κ2) is 18.3. The van der Waals surface area contributed by atoms with E-state index in [0.717, 1.165) is 24.0 Å². The molecule has 0 aliphatic heterocycles. The first-order chi connectivity index (χ1) is 27.4. The zero-order chi connectivity index (χ0) is 40.5. The summed E-state index contributed by atoms with van der Waals surface area (Å²) in [5.74, 6) is 1.47. The van der Waals surface area contributed by atoms with Crippen molar-refractivity contribution in [2.75, 3.05) is 0 Å². The van der Waals surface area contributed by atoms with Crippen molar-refractivity contribution in [1.82, 2.24) is 19.9 Å². The van der Waals surface area contributed by atoms with Crippen LogP contribution in [0, 0.1) is 0 Å². The van der Waals surface area contributed by atoms with Gasteiger partial charge in [0, 0.05) is 24.8 Å². The molecule has 0 aliphatic carbocycles. The summed E-state index contributed by atoms with van der Waals surface area (Å²) in [5, 5.41) is 0. The van der Waals surface area contributed by atoms with Gasteiger partial charge in [-0.25, -0.2) is 8.42 Å². The van der Waals surface area contributed by atoms with E-state index in [0.29, 0.717) is 23.0 Å². The van der Waals surface area contributed by atoms with Gasteiger partial charge >= 0.3 is 17.2 Å². The number of hydrogen-bond acceptors (Lipinski definition) is 12. The number of benzene rings is 2. The van der Waals surface area contributed by atoms with Gasteiger partial charge in [-0.2, -0.15) is 0 Å². The van der Waals surface area contributed by atoms with Crippen molar-refractivity contribution in [3.8, 4) is 34.5 Å². The van der Waals surface area contributed by atoms with Gasteiger partial charge in [0.1, 0.15) is 44.3 Å². The van der Waals surface area contributed by atoms with Crippen LogP contribution in [0.5, 0.6) is 34.5 Å². The zero-order valence-corrected chi connectivity index (χ0v) is 35.1. The molecular formula is C42H44N4O8P2S. The molecule has 0 radical (unpaired) electrons. The predicted octanol–water partition coefficient (Wildman–Crippen LogP) is 11.0. The summed E-state index contributed by atoms with van der Waals surface area (Å²) in [4.78, 5) is 16.4. The summed E-state index contributed by atoms with van der Waals surface area (Å²) >= 11 is 0. The first kappa shape index (κ1) is 41.3. The van der Waals surface area contributed by atoms with Gasteiger partial charge in [-0.05, 0) is 108 Å². The fraction of sp³-hybridized carbons (Fsp3) is 0.238. The van der Waals surface area contributed by atoms with Gasteiger partial charge < -0.3 is 27.1 Å². The highest BCUT2D eigenvalue weighted by molar-refractivity contribution is 7.91. The molecule has 0 aliphatic rings. The van der Waals surface area contributed by atoms with Crippen LogP contribution in [0.4, 0.5) is 0 Å². The Labute approximate surface area is 336 Å². The molecule has 4 aromatic heterocycles. The lowest BCUT2D eigenvalue weighted by molar-refractivity contribution is 0.382. The van der Waals surface area contributed by atoms with E-state index in [1.807, 2.05) is 12.1 Å². The summed E-state index contributed by atoms with van der Waals surface area (Å²) in [6.45, 7) is 12.3. The summed E-state index contributed by atoms with van der Waals surface area (Å²) in [6.07, 6.45) is 14.0. The fourth-order valence-electron chi connectivity index (χ4n) is 5.18. The van der Waals surface area contributed by atoms with Gasteiger partial charge in [-0.3, -0.25) is 19.9 Å². The molecule has 0 fully saturated rings. The second-order valence-corrected chi connectivity index (χ2v) is 17.9. The number of aromatic nitrogens is 4. The van der Waals surface area contributed by atoms with Crippen molar-refractivity contribution in [2.24, 2.45) is 0 Å². The number of rotatable bonds is 18. The van der Waals surface area contributed by atoms with Crippen LogP contribution in [0.3, 0.4) is 0 Å². The van der Waals surface area contributed by atoms with Crippen LogP contribution in [0.25, 0.3) is 0 Å². The maximum atomic E-state index is 15.5. The van der Waals surface area contributed by atoms with Crippen LogP contribution >= 0.6 is 17.2 Å². The van der Waals surface area contributed by atoms with Crippen molar-refractivity contribution in [3.05, 3.63) is 146 Å². The lowest BCUT2D eigenvalue weighted by Gasteiger charge is -2.27. The molecule has 6 aromatic rings. The topological polar surface area (TPSA) is 141 Å². The Balaban J connectivity index is 1.49. The minimum Gasteiger partial charge on any atom is -0.407 e. The molecule has 2 aromatic carbocycles. The summed E-state index contributed by atoms with van der Waals surface area (Å²) in [7, 11) is -9.05. The minimum absolute atomic E-state index is 0.0103. The van der Waals surface area contributed by atoms with E-state index >= 15 is 8.42 Å². The highest BCUT2D eigenvalue weighted by Crippen LogP contribution is 2.49. The molecule has 0 bridgehead atoms. The van der Waals surface area contributed by atoms with Crippen molar-refractivity contribution in [1.29, 1.82) is 0 Å². The Hall–Kier alpha value is -5.35. The Kier molecular flexibility index (Phi) is 13.2. The molecule has 0 spiro atoms. The SMILES string of the molecule is CCC(C)(C)c1ccc(OP(Oc2cccnc2)Oc2cccnc2)c(S(=O)(=O)c2cc(C(C)(C)CC)ccc2OP(Oc2cccnc2)Oc2cccnc2)c1. The lowest BCUT2D eigenvalue weighted by atomic mass is 9.82. The van der Waals surface area contributed by atoms with Crippen molar-refractivity contribution in [2.45, 2.75) is 75.0 Å². The van der Waals surface area contributed by atoms with Crippen LogP contribution in [0.1, 0.15) is 65.5 Å². The van der Waals surface area contributed by atoms with Crippen molar-refractivity contribution < 1.29 is 35.6 Å². The molecule has 6 rings (SSSR count). The van der Waals surface area contributed by atoms with E-state index in [1.54, 1.807) is 97.6 Å². The highest BCUT2D eigenvalue weighted by Gasteiger charge is 2.35. The van der Waals surface area contributed by atoms with E-state index in [2.05, 4.69) is 61.5 Å². The van der Waals surface area contributed by atoms with Crippen molar-refractivity contribution in [3.63, 3.8) is 0 Å². The van der Waals surface area contributed by atoms with Gasteiger partial charge in [-0.15, -0.1) is 0 Å². The summed E-state index contributed by atoms with van der Waals surface area (Å²) in [5.41, 5.74) is 0.800. The molecule has 0 atom stereocenters. The second-order valence-electron chi connectivity index (χ2n) is 14.1. The van der Waals surface area contributed by atoms with Crippen LogP contribution in [0.15, 0.2) is 144 Å². The molecular weight excluding hydrogens is 782 g/mol. The van der Waals surface area contributed by atoms with E-state index < -0.39 is 27.0 Å². The molecule has 0 amide bonds. The lowest BCUT2D eigenvalue weighted by Crippen LogP contribution is -2.18. The Morgan fingerprint density at radius 3 is 1.07 bits per heavy atom. The molecule has 0 saturated carbocycles. The quantitative estimate of drug-likeness (QED) is 0.0761. The number of nitrogens with zero attached hydrogens (tertiary/aromatic N) is 4. The molecule has 12 nitrogen and oxygen atoms in total. The third-order valence-electron chi connectivity index (χ3n) is 9.40.